The molecule has 4 rings (SSSR count). The molecule has 0 radical (unpaired) electrons. The fourth-order valence-corrected chi connectivity index (χ4v) is 5.22. The van der Waals surface area contributed by atoms with Gasteiger partial charge in [0, 0.05) is 29.7 Å². The number of amidine groups is 1. The highest BCUT2D eigenvalue weighted by molar-refractivity contribution is 5.99. The van der Waals surface area contributed by atoms with Crippen molar-refractivity contribution in [2.24, 2.45) is 5.73 Å². The lowest BCUT2D eigenvalue weighted by molar-refractivity contribution is -0.124. The van der Waals surface area contributed by atoms with Crippen molar-refractivity contribution in [1.82, 2.24) is 9.88 Å². The van der Waals surface area contributed by atoms with Gasteiger partial charge in [-0.05, 0) is 75.2 Å². The Morgan fingerprint density at radius 2 is 1.97 bits per heavy atom. The van der Waals surface area contributed by atoms with E-state index < -0.39 is 5.54 Å². The van der Waals surface area contributed by atoms with E-state index in [4.69, 9.17) is 15.9 Å². The second kappa shape index (κ2) is 10.4. The lowest BCUT2D eigenvalue weighted by atomic mass is 9.83. The molecule has 0 bridgehead atoms. The molecule has 0 spiro atoms. The number of hydrogen-bond donors (Lipinski definition) is 3. The predicted octanol–water partition coefficient (Wildman–Crippen LogP) is 3.99. The molecule has 1 aliphatic heterocycles. The summed E-state index contributed by atoms with van der Waals surface area (Å²) in [6, 6.07) is 15.2. The van der Waals surface area contributed by atoms with E-state index in [0.29, 0.717) is 29.7 Å². The van der Waals surface area contributed by atoms with Gasteiger partial charge in [-0.25, -0.2) is 4.79 Å². The molecule has 3 aromatic rings. The van der Waals surface area contributed by atoms with Crippen LogP contribution in [-0.2, 0) is 28.9 Å². The summed E-state index contributed by atoms with van der Waals surface area (Å²) in [6.45, 7) is 5.78. The van der Waals surface area contributed by atoms with Gasteiger partial charge in [-0.3, -0.25) is 10.2 Å². The third-order valence-electron chi connectivity index (χ3n) is 7.07. The highest BCUT2D eigenvalue weighted by Gasteiger charge is 2.40. The number of nitrogens with one attached hydrogen (secondary N) is 2. The molecule has 1 saturated heterocycles. The summed E-state index contributed by atoms with van der Waals surface area (Å²) in [5.74, 6) is -0.216. The first-order valence-corrected chi connectivity index (χ1v) is 12.4. The molecule has 1 fully saturated rings. The van der Waals surface area contributed by atoms with E-state index in [1.54, 1.807) is 19.1 Å². The summed E-state index contributed by atoms with van der Waals surface area (Å²) in [7, 11) is 0. The minimum atomic E-state index is -0.610. The summed E-state index contributed by atoms with van der Waals surface area (Å²) < 4.78 is 7.43. The first-order chi connectivity index (χ1) is 16.9. The second-order valence-corrected chi connectivity index (χ2v) is 9.16. The summed E-state index contributed by atoms with van der Waals surface area (Å²) >= 11 is 0. The van der Waals surface area contributed by atoms with Crippen molar-refractivity contribution in [3.05, 3.63) is 70.9 Å². The van der Waals surface area contributed by atoms with Crippen molar-refractivity contribution in [2.45, 2.75) is 58.0 Å². The fraction of sp³-hybridized carbons (Fsp3) is 0.393. The molecule has 1 aromatic heterocycles. The fourth-order valence-electron chi connectivity index (χ4n) is 5.22. The van der Waals surface area contributed by atoms with Crippen LogP contribution in [0, 0.1) is 5.41 Å². The predicted molar refractivity (Wildman–Crippen MR) is 138 cm³/mol. The van der Waals surface area contributed by atoms with Gasteiger partial charge in [0.25, 0.3) is 0 Å². The van der Waals surface area contributed by atoms with Crippen LogP contribution in [0.5, 0.6) is 0 Å². The number of hydrogen-bond acceptors (Lipinski definition) is 5. The van der Waals surface area contributed by atoms with Gasteiger partial charge < -0.3 is 20.4 Å². The van der Waals surface area contributed by atoms with E-state index in [-0.39, 0.29) is 24.0 Å². The molecule has 1 atom stereocenters. The lowest BCUT2D eigenvalue weighted by Gasteiger charge is -2.29. The Labute approximate surface area is 206 Å². The van der Waals surface area contributed by atoms with Crippen molar-refractivity contribution >= 4 is 28.5 Å². The van der Waals surface area contributed by atoms with E-state index in [0.717, 1.165) is 48.9 Å². The number of nitrogens with zero attached hydrogens (tertiary/aromatic N) is 1. The van der Waals surface area contributed by atoms with Crippen LogP contribution in [-0.4, -0.2) is 40.8 Å². The van der Waals surface area contributed by atoms with Crippen LogP contribution < -0.4 is 11.1 Å². The average molecular weight is 475 g/mol. The van der Waals surface area contributed by atoms with Gasteiger partial charge in [0.15, 0.2) is 5.78 Å². The normalized spacial score (nSPS) is 17.5. The number of nitrogens with two attached hydrogens (primary N) is 1. The maximum Gasteiger partial charge on any atom is 0.338 e. The summed E-state index contributed by atoms with van der Waals surface area (Å²) in [5, 5.41) is 12.4. The monoisotopic (exact) mass is 474 g/mol. The molecular weight excluding hydrogens is 440 g/mol. The molecule has 1 aliphatic rings. The number of rotatable bonds is 10. The van der Waals surface area contributed by atoms with Crippen LogP contribution in [0.4, 0.5) is 0 Å². The number of carbonyl (C=O) groups is 2. The summed E-state index contributed by atoms with van der Waals surface area (Å²) in [6.07, 6.45) is 3.36. The van der Waals surface area contributed by atoms with E-state index in [9.17, 15) is 9.59 Å². The Bertz CT molecular complexity index is 1250. The number of aromatic nitrogens is 1. The molecule has 4 N–H and O–H groups in total. The number of esters is 1. The van der Waals surface area contributed by atoms with E-state index in [1.807, 2.05) is 30.3 Å². The highest BCUT2D eigenvalue weighted by atomic mass is 16.5. The number of benzene rings is 2. The molecule has 35 heavy (non-hydrogen) atoms. The van der Waals surface area contributed by atoms with Crippen molar-refractivity contribution in [2.75, 3.05) is 13.2 Å². The van der Waals surface area contributed by atoms with Gasteiger partial charge in [-0.2, -0.15) is 0 Å². The van der Waals surface area contributed by atoms with Crippen LogP contribution in [0.15, 0.2) is 48.5 Å². The van der Waals surface area contributed by atoms with E-state index >= 15 is 0 Å². The minimum Gasteiger partial charge on any atom is -0.462 e. The van der Waals surface area contributed by atoms with Gasteiger partial charge in [0.2, 0.25) is 0 Å². The zero-order valence-electron chi connectivity index (χ0n) is 20.5. The Balaban J connectivity index is 1.57. The second-order valence-electron chi connectivity index (χ2n) is 9.16. The van der Waals surface area contributed by atoms with Gasteiger partial charge in [0.1, 0.15) is 5.84 Å². The number of ketones is 1. The van der Waals surface area contributed by atoms with Crippen LogP contribution in [0.2, 0.25) is 0 Å². The van der Waals surface area contributed by atoms with Crippen LogP contribution in [0.25, 0.3) is 10.9 Å². The first kappa shape index (κ1) is 24.7. The van der Waals surface area contributed by atoms with Crippen molar-refractivity contribution in [1.29, 1.82) is 5.41 Å². The number of ether oxygens (including phenoxy) is 1. The molecular formula is C28H34N4O3. The molecule has 7 nitrogen and oxygen atoms in total. The molecule has 2 aromatic carbocycles. The average Bonchev–Trinajstić information content (AvgIpc) is 3.47. The number of nitrogen functional groups attached to an aromatic ring is 1. The zero-order valence-corrected chi connectivity index (χ0v) is 20.5. The Hall–Kier alpha value is -3.45. The Morgan fingerprint density at radius 1 is 1.17 bits per heavy atom. The molecule has 7 heteroatoms. The molecule has 0 unspecified atom stereocenters. The largest absolute Gasteiger partial charge is 0.462 e. The smallest absolute Gasteiger partial charge is 0.338 e. The topological polar surface area (TPSA) is 110 Å². The third-order valence-corrected chi connectivity index (χ3v) is 7.07. The number of Topliss-reactive ketones (excluding diaryl/α,β-unsaturated/α-hetero) is 1. The van der Waals surface area contributed by atoms with Crippen molar-refractivity contribution < 1.29 is 14.3 Å². The van der Waals surface area contributed by atoms with Crippen molar-refractivity contribution in [3.63, 3.8) is 0 Å². The maximum absolute atomic E-state index is 13.7. The van der Waals surface area contributed by atoms with Gasteiger partial charge in [-0.1, -0.05) is 30.3 Å². The quantitative estimate of drug-likeness (QED) is 0.234. The summed E-state index contributed by atoms with van der Waals surface area (Å²) in [4.78, 5) is 26.1. The standard InChI is InChI=1S/C28H34N4O3/c1-3-32-22(16-20-10-11-21(26(29)30)17-24(20)32)12-14-28(13-7-15-31-28)25(33)18-19-8-5-6-9-23(19)27(34)35-4-2/h5-6,8-11,16-17,31H,3-4,7,12-15,18H2,1-2H3,(H3,29,30)/t28-/m1/s1. The van der Waals surface area contributed by atoms with Gasteiger partial charge >= 0.3 is 5.97 Å². The Kier molecular flexibility index (Phi) is 7.36. The molecule has 184 valence electrons. The summed E-state index contributed by atoms with van der Waals surface area (Å²) in [5.41, 5.74) is 9.19. The molecule has 0 saturated carbocycles. The van der Waals surface area contributed by atoms with Crippen LogP contribution in [0.3, 0.4) is 0 Å². The molecule has 2 heterocycles. The first-order valence-electron chi connectivity index (χ1n) is 12.4. The third kappa shape index (κ3) is 5.00. The number of carbonyl (C=O) groups excluding carboxylic acids is 2. The van der Waals surface area contributed by atoms with Crippen molar-refractivity contribution in [3.8, 4) is 0 Å². The van der Waals surface area contributed by atoms with Crippen LogP contribution in [0.1, 0.15) is 60.3 Å². The molecule has 0 amide bonds. The lowest BCUT2D eigenvalue weighted by Crippen LogP contribution is -2.49. The number of fused-ring (bicyclic) bond motifs is 1. The van der Waals surface area contributed by atoms with E-state index in [2.05, 4.69) is 22.9 Å². The van der Waals surface area contributed by atoms with Gasteiger partial charge in [0.05, 0.1) is 17.7 Å². The van der Waals surface area contributed by atoms with Gasteiger partial charge in [-0.15, -0.1) is 0 Å². The zero-order chi connectivity index (χ0) is 25.0. The molecule has 0 aliphatic carbocycles. The van der Waals surface area contributed by atoms with Crippen LogP contribution >= 0.6 is 0 Å². The maximum atomic E-state index is 13.7. The SMILES string of the molecule is CCOC(=O)c1ccccc1CC(=O)[C@]1(CCc2cc3ccc(C(=N)N)cc3n2CC)CCCN1. The van der Waals surface area contributed by atoms with E-state index in [1.165, 1.54) is 0 Å². The number of aryl methyl sites for hydroxylation is 2. The minimum absolute atomic E-state index is 0.0557. The Morgan fingerprint density at radius 3 is 2.66 bits per heavy atom. The highest BCUT2D eigenvalue weighted by Crippen LogP contribution is 2.30.